The van der Waals surface area contributed by atoms with E-state index >= 15 is 0 Å². The third kappa shape index (κ3) is 7.47. The summed E-state index contributed by atoms with van der Waals surface area (Å²) < 4.78 is 0. The molecule has 1 fully saturated rings. The predicted octanol–water partition coefficient (Wildman–Crippen LogP) is -0.0742. The molecular weight excluding hydrogens is 420 g/mol. The molecule has 3 amide bonds. The minimum absolute atomic E-state index is 0.0933. The van der Waals surface area contributed by atoms with Gasteiger partial charge in [0.2, 0.25) is 17.7 Å². The van der Waals surface area contributed by atoms with Crippen molar-refractivity contribution in [1.82, 2.24) is 15.5 Å². The summed E-state index contributed by atoms with van der Waals surface area (Å²) in [5, 5.41) is 23.1. The SMILES string of the molecule is CCC(C)C(NC(=O)C1CCCN1C(=O)C(N)C(C)C)C(=O)NC(CCC(=O)O)C(=O)O. The number of amides is 3. The molecule has 0 spiro atoms. The first-order chi connectivity index (χ1) is 14.9. The van der Waals surface area contributed by atoms with Gasteiger partial charge < -0.3 is 31.5 Å². The Bertz CT molecular complexity index is 712. The van der Waals surface area contributed by atoms with Crippen LogP contribution in [0.25, 0.3) is 0 Å². The second-order valence-corrected chi connectivity index (χ2v) is 8.66. The van der Waals surface area contributed by atoms with E-state index in [1.807, 2.05) is 20.8 Å². The molecule has 0 bridgehead atoms. The number of hydrogen-bond donors (Lipinski definition) is 5. The number of carbonyl (C=O) groups excluding carboxylic acids is 3. The molecule has 0 saturated carbocycles. The van der Waals surface area contributed by atoms with E-state index in [4.69, 9.17) is 10.8 Å². The molecule has 5 atom stereocenters. The number of carbonyl (C=O) groups is 5. The Morgan fingerprint density at radius 2 is 1.72 bits per heavy atom. The molecule has 11 nitrogen and oxygen atoms in total. The van der Waals surface area contributed by atoms with Crippen LogP contribution in [-0.4, -0.2) is 75.5 Å². The lowest BCUT2D eigenvalue weighted by Gasteiger charge is -2.31. The van der Waals surface area contributed by atoms with Crippen molar-refractivity contribution >= 4 is 29.7 Å². The van der Waals surface area contributed by atoms with E-state index in [2.05, 4.69) is 10.6 Å². The summed E-state index contributed by atoms with van der Waals surface area (Å²) in [5.41, 5.74) is 5.97. The molecule has 5 unspecified atom stereocenters. The van der Waals surface area contributed by atoms with Gasteiger partial charge in [0.15, 0.2) is 0 Å². The zero-order chi connectivity index (χ0) is 24.6. The number of carboxylic acid groups (broad SMARTS) is 2. The topological polar surface area (TPSA) is 179 Å². The second kappa shape index (κ2) is 12.4. The number of aliphatic carboxylic acids is 2. The smallest absolute Gasteiger partial charge is 0.326 e. The highest BCUT2D eigenvalue weighted by Crippen LogP contribution is 2.21. The molecule has 0 aromatic carbocycles. The fraction of sp³-hybridized carbons (Fsp3) is 0.762. The van der Waals surface area contributed by atoms with Gasteiger partial charge in [-0.1, -0.05) is 34.1 Å². The third-order valence-corrected chi connectivity index (χ3v) is 5.90. The second-order valence-electron chi connectivity index (χ2n) is 8.66. The van der Waals surface area contributed by atoms with E-state index in [9.17, 15) is 29.1 Å². The van der Waals surface area contributed by atoms with Crippen LogP contribution in [0.3, 0.4) is 0 Å². The Hall–Kier alpha value is -2.69. The molecule has 0 aromatic rings. The van der Waals surface area contributed by atoms with E-state index in [0.29, 0.717) is 25.8 Å². The highest BCUT2D eigenvalue weighted by Gasteiger charge is 2.39. The Morgan fingerprint density at radius 3 is 2.22 bits per heavy atom. The monoisotopic (exact) mass is 456 g/mol. The first-order valence-corrected chi connectivity index (χ1v) is 11.0. The molecule has 32 heavy (non-hydrogen) atoms. The molecule has 0 aromatic heterocycles. The highest BCUT2D eigenvalue weighted by atomic mass is 16.4. The summed E-state index contributed by atoms with van der Waals surface area (Å²) in [7, 11) is 0. The van der Waals surface area contributed by atoms with Gasteiger partial charge >= 0.3 is 11.9 Å². The predicted molar refractivity (Wildman–Crippen MR) is 115 cm³/mol. The van der Waals surface area contributed by atoms with E-state index in [0.717, 1.165) is 0 Å². The quantitative estimate of drug-likeness (QED) is 0.270. The Morgan fingerprint density at radius 1 is 1.09 bits per heavy atom. The summed E-state index contributed by atoms with van der Waals surface area (Å²) in [4.78, 5) is 62.2. The van der Waals surface area contributed by atoms with Crippen LogP contribution in [-0.2, 0) is 24.0 Å². The van der Waals surface area contributed by atoms with Gasteiger partial charge in [0.05, 0.1) is 6.04 Å². The number of likely N-dealkylation sites (tertiary alicyclic amines) is 1. The maximum absolute atomic E-state index is 13.0. The molecule has 1 rings (SSSR count). The van der Waals surface area contributed by atoms with Crippen LogP contribution in [0.5, 0.6) is 0 Å². The zero-order valence-corrected chi connectivity index (χ0v) is 19.2. The minimum atomic E-state index is -1.39. The average molecular weight is 457 g/mol. The van der Waals surface area contributed by atoms with Gasteiger partial charge in [-0.05, 0) is 31.1 Å². The summed E-state index contributed by atoms with van der Waals surface area (Å²) in [6.07, 6.45) is 0.887. The van der Waals surface area contributed by atoms with Crippen LogP contribution in [0.15, 0.2) is 0 Å². The van der Waals surface area contributed by atoms with Crippen molar-refractivity contribution in [2.24, 2.45) is 17.6 Å². The van der Waals surface area contributed by atoms with Gasteiger partial charge in [0, 0.05) is 13.0 Å². The summed E-state index contributed by atoms with van der Waals surface area (Å²) in [6, 6.07) is -3.91. The summed E-state index contributed by atoms with van der Waals surface area (Å²) in [6.45, 7) is 7.60. The van der Waals surface area contributed by atoms with Crippen LogP contribution in [0, 0.1) is 11.8 Å². The number of nitrogens with one attached hydrogen (secondary N) is 2. The van der Waals surface area contributed by atoms with Crippen LogP contribution in [0.2, 0.25) is 0 Å². The lowest BCUT2D eigenvalue weighted by Crippen LogP contribution is -2.58. The van der Waals surface area contributed by atoms with Crippen LogP contribution < -0.4 is 16.4 Å². The van der Waals surface area contributed by atoms with E-state index < -0.39 is 54.3 Å². The van der Waals surface area contributed by atoms with Crippen molar-refractivity contribution in [2.75, 3.05) is 6.54 Å². The first kappa shape index (κ1) is 27.3. The van der Waals surface area contributed by atoms with Crippen molar-refractivity contribution in [3.63, 3.8) is 0 Å². The normalized spacial score (nSPS) is 19.7. The lowest BCUT2D eigenvalue weighted by atomic mass is 9.97. The Balaban J connectivity index is 2.94. The van der Waals surface area contributed by atoms with Crippen molar-refractivity contribution in [1.29, 1.82) is 0 Å². The van der Waals surface area contributed by atoms with Crippen molar-refractivity contribution in [3.8, 4) is 0 Å². The van der Waals surface area contributed by atoms with Gasteiger partial charge in [-0.15, -0.1) is 0 Å². The average Bonchev–Trinajstić information content (AvgIpc) is 3.22. The molecule has 0 radical (unpaired) electrons. The maximum atomic E-state index is 13.0. The van der Waals surface area contributed by atoms with E-state index in [1.165, 1.54) is 4.90 Å². The third-order valence-electron chi connectivity index (χ3n) is 5.90. The Kier molecular flexibility index (Phi) is 10.6. The van der Waals surface area contributed by atoms with Gasteiger partial charge in [0.25, 0.3) is 0 Å². The van der Waals surface area contributed by atoms with Crippen LogP contribution in [0.1, 0.15) is 59.8 Å². The summed E-state index contributed by atoms with van der Waals surface area (Å²) in [5.74, 6) is -4.47. The van der Waals surface area contributed by atoms with Crippen molar-refractivity contribution in [2.45, 2.75) is 84.0 Å². The number of carboxylic acids is 2. The molecule has 1 heterocycles. The molecule has 1 saturated heterocycles. The molecule has 0 aliphatic carbocycles. The molecule has 1 aliphatic rings. The standard InChI is InChI=1S/C21H36N4O7/c1-5-12(4)17(19(29)23-13(21(31)32)8-9-15(26)27)24-18(28)14-7-6-10-25(14)20(30)16(22)11(2)3/h11-14,16-17H,5-10,22H2,1-4H3,(H,23,29)(H,24,28)(H,26,27)(H,31,32). The lowest BCUT2D eigenvalue weighted by molar-refractivity contribution is -0.144. The fourth-order valence-electron chi connectivity index (χ4n) is 3.52. The van der Waals surface area contributed by atoms with Crippen LogP contribution >= 0.6 is 0 Å². The van der Waals surface area contributed by atoms with Gasteiger partial charge in [-0.25, -0.2) is 4.79 Å². The molecular formula is C21H36N4O7. The molecule has 11 heteroatoms. The number of nitrogens with zero attached hydrogens (tertiary/aromatic N) is 1. The van der Waals surface area contributed by atoms with Crippen molar-refractivity contribution in [3.05, 3.63) is 0 Å². The maximum Gasteiger partial charge on any atom is 0.326 e. The molecule has 1 aliphatic heterocycles. The number of rotatable bonds is 12. The highest BCUT2D eigenvalue weighted by molar-refractivity contribution is 5.94. The fourth-order valence-corrected chi connectivity index (χ4v) is 3.52. The van der Waals surface area contributed by atoms with Gasteiger partial charge in [0.1, 0.15) is 18.1 Å². The Labute approximate surface area is 188 Å². The van der Waals surface area contributed by atoms with Crippen molar-refractivity contribution < 1.29 is 34.2 Å². The van der Waals surface area contributed by atoms with E-state index in [-0.39, 0.29) is 24.2 Å². The van der Waals surface area contributed by atoms with Gasteiger partial charge in [-0.3, -0.25) is 19.2 Å². The molecule has 182 valence electrons. The zero-order valence-electron chi connectivity index (χ0n) is 19.2. The first-order valence-electron chi connectivity index (χ1n) is 11.0. The molecule has 6 N–H and O–H groups in total. The number of hydrogen-bond acceptors (Lipinski definition) is 6. The minimum Gasteiger partial charge on any atom is -0.481 e. The largest absolute Gasteiger partial charge is 0.481 e. The van der Waals surface area contributed by atoms with E-state index in [1.54, 1.807) is 6.92 Å². The van der Waals surface area contributed by atoms with Crippen LogP contribution in [0.4, 0.5) is 0 Å². The van der Waals surface area contributed by atoms with Gasteiger partial charge in [-0.2, -0.15) is 0 Å². The summed E-state index contributed by atoms with van der Waals surface area (Å²) >= 11 is 0. The number of nitrogens with two attached hydrogens (primary N) is 1.